The van der Waals surface area contributed by atoms with E-state index in [-0.39, 0.29) is 0 Å². The van der Waals surface area contributed by atoms with Gasteiger partial charge in [-0.1, -0.05) is 6.92 Å². The molecule has 15 heavy (non-hydrogen) atoms. The predicted molar refractivity (Wildman–Crippen MR) is 55.4 cm³/mol. The SMILES string of the molecule is CCCc1nc(N)n(-c2cccnn2)n1. The minimum atomic E-state index is 0.346. The van der Waals surface area contributed by atoms with Crippen LogP contribution in [0.5, 0.6) is 0 Å². The lowest BCUT2D eigenvalue weighted by atomic mass is 10.3. The van der Waals surface area contributed by atoms with E-state index in [0.717, 1.165) is 18.7 Å². The number of rotatable bonds is 3. The Kier molecular flexibility index (Phi) is 2.57. The van der Waals surface area contributed by atoms with Crippen molar-refractivity contribution in [3.63, 3.8) is 0 Å². The van der Waals surface area contributed by atoms with Crippen LogP contribution in [0.3, 0.4) is 0 Å². The smallest absolute Gasteiger partial charge is 0.225 e. The summed E-state index contributed by atoms with van der Waals surface area (Å²) < 4.78 is 1.50. The van der Waals surface area contributed by atoms with Crippen LogP contribution in [0.2, 0.25) is 0 Å². The minimum absolute atomic E-state index is 0.346. The fourth-order valence-corrected chi connectivity index (χ4v) is 1.27. The van der Waals surface area contributed by atoms with Crippen molar-refractivity contribution >= 4 is 5.95 Å². The second-order valence-electron chi connectivity index (χ2n) is 3.13. The molecule has 0 aliphatic heterocycles. The summed E-state index contributed by atoms with van der Waals surface area (Å²) in [4.78, 5) is 4.14. The summed E-state index contributed by atoms with van der Waals surface area (Å²) in [5, 5.41) is 11.9. The van der Waals surface area contributed by atoms with E-state index >= 15 is 0 Å². The number of nitrogens with two attached hydrogens (primary N) is 1. The largest absolute Gasteiger partial charge is 0.368 e. The summed E-state index contributed by atoms with van der Waals surface area (Å²) in [5.74, 6) is 1.67. The second-order valence-corrected chi connectivity index (χ2v) is 3.13. The highest BCUT2D eigenvalue weighted by Crippen LogP contribution is 2.08. The van der Waals surface area contributed by atoms with Crippen molar-refractivity contribution in [2.75, 3.05) is 5.73 Å². The van der Waals surface area contributed by atoms with E-state index in [1.165, 1.54) is 4.68 Å². The van der Waals surface area contributed by atoms with Crippen molar-refractivity contribution in [2.45, 2.75) is 19.8 Å². The number of nitrogen functional groups attached to an aromatic ring is 1. The maximum absolute atomic E-state index is 5.73. The number of hydrogen-bond acceptors (Lipinski definition) is 5. The van der Waals surface area contributed by atoms with E-state index in [9.17, 15) is 0 Å². The Balaban J connectivity index is 2.36. The number of hydrogen-bond donors (Lipinski definition) is 1. The quantitative estimate of drug-likeness (QED) is 0.791. The maximum Gasteiger partial charge on any atom is 0.225 e. The first-order chi connectivity index (χ1) is 7.31. The van der Waals surface area contributed by atoms with Crippen LogP contribution in [0.15, 0.2) is 18.3 Å². The van der Waals surface area contributed by atoms with E-state index < -0.39 is 0 Å². The Labute approximate surface area is 87.2 Å². The maximum atomic E-state index is 5.73. The van der Waals surface area contributed by atoms with Crippen molar-refractivity contribution in [1.29, 1.82) is 0 Å². The lowest BCUT2D eigenvalue weighted by Crippen LogP contribution is -2.05. The summed E-state index contributed by atoms with van der Waals surface area (Å²) in [7, 11) is 0. The van der Waals surface area contributed by atoms with Gasteiger partial charge in [0.15, 0.2) is 11.6 Å². The van der Waals surface area contributed by atoms with Gasteiger partial charge in [-0.05, 0) is 18.6 Å². The normalized spacial score (nSPS) is 10.5. The standard InChI is InChI=1S/C9H12N6/c1-2-4-7-12-9(10)15(14-7)8-5-3-6-11-13-8/h3,5-6H,2,4H2,1H3,(H2,10,12,14). The molecule has 0 amide bonds. The molecule has 0 aromatic carbocycles. The Hall–Kier alpha value is -1.98. The zero-order valence-electron chi connectivity index (χ0n) is 8.46. The molecule has 0 spiro atoms. The van der Waals surface area contributed by atoms with Crippen molar-refractivity contribution in [3.05, 3.63) is 24.2 Å². The molecule has 0 unspecified atom stereocenters. The summed E-state index contributed by atoms with van der Waals surface area (Å²) in [5.41, 5.74) is 5.73. The molecule has 6 heteroatoms. The first-order valence-electron chi connectivity index (χ1n) is 4.80. The van der Waals surface area contributed by atoms with Gasteiger partial charge in [0.25, 0.3) is 0 Å². The Morgan fingerprint density at radius 2 is 2.33 bits per heavy atom. The Morgan fingerprint density at radius 1 is 1.47 bits per heavy atom. The van der Waals surface area contributed by atoms with E-state index in [1.54, 1.807) is 18.3 Å². The molecule has 2 rings (SSSR count). The second kappa shape index (κ2) is 4.04. The van der Waals surface area contributed by atoms with Crippen LogP contribution in [0.1, 0.15) is 19.2 Å². The van der Waals surface area contributed by atoms with Crippen molar-refractivity contribution < 1.29 is 0 Å². The number of anilines is 1. The Bertz CT molecular complexity index is 435. The van der Waals surface area contributed by atoms with Gasteiger partial charge in [-0.3, -0.25) is 0 Å². The summed E-state index contributed by atoms with van der Waals surface area (Å²) in [6.45, 7) is 2.07. The fourth-order valence-electron chi connectivity index (χ4n) is 1.27. The molecule has 2 aromatic rings. The van der Waals surface area contributed by atoms with Gasteiger partial charge in [0.2, 0.25) is 5.95 Å². The third-order valence-corrected chi connectivity index (χ3v) is 1.92. The van der Waals surface area contributed by atoms with Gasteiger partial charge in [0.1, 0.15) is 0 Å². The predicted octanol–water partition coefficient (Wildman–Crippen LogP) is 0.592. The molecule has 0 bridgehead atoms. The highest BCUT2D eigenvalue weighted by Gasteiger charge is 2.08. The zero-order valence-corrected chi connectivity index (χ0v) is 8.46. The lowest BCUT2D eigenvalue weighted by molar-refractivity contribution is 0.775. The summed E-state index contributed by atoms with van der Waals surface area (Å²) in [6, 6.07) is 3.57. The summed E-state index contributed by atoms with van der Waals surface area (Å²) in [6.07, 6.45) is 3.41. The molecule has 2 aromatic heterocycles. The molecule has 2 heterocycles. The Morgan fingerprint density at radius 3 is 3.00 bits per heavy atom. The average molecular weight is 204 g/mol. The molecular weight excluding hydrogens is 192 g/mol. The van der Waals surface area contributed by atoms with E-state index in [1.807, 2.05) is 0 Å². The van der Waals surface area contributed by atoms with E-state index in [2.05, 4.69) is 27.2 Å². The van der Waals surface area contributed by atoms with E-state index in [0.29, 0.717) is 11.8 Å². The monoisotopic (exact) mass is 204 g/mol. The minimum Gasteiger partial charge on any atom is -0.368 e. The van der Waals surface area contributed by atoms with Gasteiger partial charge in [0, 0.05) is 12.6 Å². The van der Waals surface area contributed by atoms with Gasteiger partial charge < -0.3 is 5.73 Å². The molecule has 0 radical (unpaired) electrons. The number of aryl methyl sites for hydroxylation is 1. The number of nitrogens with zero attached hydrogens (tertiary/aromatic N) is 5. The van der Waals surface area contributed by atoms with Gasteiger partial charge in [-0.25, -0.2) is 0 Å². The van der Waals surface area contributed by atoms with Gasteiger partial charge in [-0.2, -0.15) is 14.8 Å². The molecule has 6 nitrogen and oxygen atoms in total. The van der Waals surface area contributed by atoms with Gasteiger partial charge in [-0.15, -0.1) is 10.2 Å². The molecule has 0 saturated heterocycles. The molecule has 2 N–H and O–H groups in total. The first-order valence-corrected chi connectivity index (χ1v) is 4.80. The van der Waals surface area contributed by atoms with Gasteiger partial charge in [0.05, 0.1) is 0 Å². The van der Waals surface area contributed by atoms with E-state index in [4.69, 9.17) is 5.73 Å². The lowest BCUT2D eigenvalue weighted by Gasteiger charge is -1.97. The molecular formula is C9H12N6. The van der Waals surface area contributed by atoms with Crippen LogP contribution in [-0.4, -0.2) is 25.0 Å². The fraction of sp³-hybridized carbons (Fsp3) is 0.333. The van der Waals surface area contributed by atoms with Crippen LogP contribution in [0.25, 0.3) is 5.82 Å². The number of aromatic nitrogens is 5. The van der Waals surface area contributed by atoms with Crippen LogP contribution in [0, 0.1) is 0 Å². The highest BCUT2D eigenvalue weighted by atomic mass is 15.4. The molecule has 78 valence electrons. The highest BCUT2D eigenvalue weighted by molar-refractivity contribution is 5.29. The average Bonchev–Trinajstić information content (AvgIpc) is 2.61. The third-order valence-electron chi connectivity index (χ3n) is 1.92. The first kappa shape index (κ1) is 9.57. The zero-order chi connectivity index (χ0) is 10.7. The molecule has 0 fully saturated rings. The van der Waals surface area contributed by atoms with Crippen molar-refractivity contribution in [1.82, 2.24) is 25.0 Å². The topological polar surface area (TPSA) is 82.5 Å². The van der Waals surface area contributed by atoms with Crippen LogP contribution in [0.4, 0.5) is 5.95 Å². The molecule has 0 aliphatic rings. The molecule has 0 aliphatic carbocycles. The summed E-state index contributed by atoms with van der Waals surface area (Å²) >= 11 is 0. The van der Waals surface area contributed by atoms with Crippen molar-refractivity contribution in [2.24, 2.45) is 0 Å². The van der Waals surface area contributed by atoms with Gasteiger partial charge >= 0.3 is 0 Å². The molecule has 0 saturated carbocycles. The van der Waals surface area contributed by atoms with Crippen molar-refractivity contribution in [3.8, 4) is 5.82 Å². The molecule has 0 atom stereocenters. The van der Waals surface area contributed by atoms with Crippen LogP contribution in [-0.2, 0) is 6.42 Å². The van der Waals surface area contributed by atoms with Crippen LogP contribution < -0.4 is 5.73 Å². The van der Waals surface area contributed by atoms with Crippen LogP contribution >= 0.6 is 0 Å². The third kappa shape index (κ3) is 1.93.